The summed E-state index contributed by atoms with van der Waals surface area (Å²) >= 11 is 2.88. The summed E-state index contributed by atoms with van der Waals surface area (Å²) in [5.74, 6) is 1.47. The van der Waals surface area contributed by atoms with Crippen LogP contribution in [0.4, 0.5) is 0 Å². The van der Waals surface area contributed by atoms with E-state index in [0.717, 1.165) is 4.57 Å². The maximum Gasteiger partial charge on any atom is 0.330 e. The van der Waals surface area contributed by atoms with E-state index in [9.17, 15) is 19.2 Å². The molecular weight excluding hydrogens is 400 g/mol. The van der Waals surface area contributed by atoms with Gasteiger partial charge in [-0.1, -0.05) is 0 Å². The van der Waals surface area contributed by atoms with Gasteiger partial charge in [-0.05, 0) is 10.8 Å². The fourth-order valence-corrected chi connectivity index (χ4v) is 2.63. The minimum atomic E-state index is -0.982. The first-order valence-corrected chi connectivity index (χ1v) is 8.04. The van der Waals surface area contributed by atoms with Gasteiger partial charge in [-0.3, -0.25) is 23.9 Å². The predicted octanol–water partition coefficient (Wildman–Crippen LogP) is 0.0228. The van der Waals surface area contributed by atoms with Crippen LogP contribution in [0.2, 0.25) is 0 Å². The summed E-state index contributed by atoms with van der Waals surface area (Å²) in [5.41, 5.74) is -1.35. The number of rotatable bonds is 4. The van der Waals surface area contributed by atoms with Crippen molar-refractivity contribution in [3.63, 3.8) is 0 Å². The molecule has 1 aliphatic rings. The van der Waals surface area contributed by atoms with E-state index in [-0.39, 0.29) is 18.6 Å². The van der Waals surface area contributed by atoms with Gasteiger partial charge in [0.15, 0.2) is 6.23 Å². The van der Waals surface area contributed by atoms with Crippen LogP contribution >= 0.6 is 15.9 Å². The van der Waals surface area contributed by atoms with Crippen LogP contribution in [0.3, 0.4) is 0 Å². The lowest BCUT2D eigenvalue weighted by Crippen LogP contribution is -2.37. The van der Waals surface area contributed by atoms with Gasteiger partial charge in [-0.25, -0.2) is 4.79 Å². The van der Waals surface area contributed by atoms with E-state index >= 15 is 0 Å². The summed E-state index contributed by atoms with van der Waals surface area (Å²) in [6.45, 7) is 2.44. The molecule has 1 fully saturated rings. The molecule has 2 heterocycles. The Balaban J connectivity index is 2.35. The maximum atomic E-state index is 12.1. The van der Waals surface area contributed by atoms with Gasteiger partial charge in [0.2, 0.25) is 0 Å². The summed E-state index contributed by atoms with van der Waals surface area (Å²) < 4.78 is 16.9. The van der Waals surface area contributed by atoms with E-state index < -0.39 is 41.6 Å². The Hall–Kier alpha value is -2.38. The molecule has 0 amide bonds. The second-order valence-electron chi connectivity index (χ2n) is 5.26. The van der Waals surface area contributed by atoms with Gasteiger partial charge in [0, 0.05) is 42.4 Å². The smallest absolute Gasteiger partial charge is 0.330 e. The number of nitrogens with one attached hydrogen (secondary N) is 1. The zero-order chi connectivity index (χ0) is 18.6. The highest BCUT2D eigenvalue weighted by molar-refractivity contribution is 9.12. The van der Waals surface area contributed by atoms with E-state index in [2.05, 4.69) is 31.7 Å². The Morgan fingerprint density at radius 2 is 2.12 bits per heavy atom. The molecular formula is C15H15BrN2O7. The molecule has 25 heavy (non-hydrogen) atoms. The van der Waals surface area contributed by atoms with E-state index in [0.29, 0.717) is 0 Å². The number of nitrogens with zero attached hydrogens (tertiary/aromatic N) is 1. The first kappa shape index (κ1) is 19.0. The fraction of sp³-hybridized carbons (Fsp3) is 0.467. The Labute approximate surface area is 150 Å². The summed E-state index contributed by atoms with van der Waals surface area (Å²) in [7, 11) is 0. The quantitative estimate of drug-likeness (QED) is 0.545. The zero-order valence-electron chi connectivity index (χ0n) is 13.4. The first-order valence-electron chi connectivity index (χ1n) is 7.25. The highest BCUT2D eigenvalue weighted by Crippen LogP contribution is 2.30. The third-order valence-electron chi connectivity index (χ3n) is 3.36. The maximum absolute atomic E-state index is 12.1. The van der Waals surface area contributed by atoms with Crippen LogP contribution in [0.25, 0.3) is 0 Å². The number of halogens is 1. The van der Waals surface area contributed by atoms with Crippen LogP contribution < -0.4 is 11.2 Å². The fourth-order valence-electron chi connectivity index (χ4n) is 2.41. The lowest BCUT2D eigenvalue weighted by molar-refractivity contribution is -0.153. The molecule has 0 radical (unpaired) electrons. The van der Waals surface area contributed by atoms with Crippen LogP contribution in [0, 0.1) is 10.8 Å². The van der Waals surface area contributed by atoms with Gasteiger partial charge in [0.25, 0.3) is 5.56 Å². The van der Waals surface area contributed by atoms with Gasteiger partial charge in [-0.2, -0.15) is 0 Å². The average Bonchev–Trinajstić information content (AvgIpc) is 2.90. The van der Waals surface area contributed by atoms with E-state index in [1.165, 1.54) is 20.0 Å². The number of esters is 2. The van der Waals surface area contributed by atoms with Gasteiger partial charge in [0.1, 0.15) is 18.3 Å². The van der Waals surface area contributed by atoms with Crippen LogP contribution in [0.1, 0.15) is 32.1 Å². The summed E-state index contributed by atoms with van der Waals surface area (Å²) in [4.78, 5) is 50.6. The molecule has 0 aromatic carbocycles. The van der Waals surface area contributed by atoms with Gasteiger partial charge >= 0.3 is 17.6 Å². The molecule has 0 aliphatic carbocycles. The summed E-state index contributed by atoms with van der Waals surface area (Å²) in [6, 6.07) is 0. The number of aromatic amines is 1. The second-order valence-corrected chi connectivity index (χ2v) is 5.66. The molecule has 3 atom stereocenters. The number of hydrogen-bond donors (Lipinski definition) is 1. The molecule has 2 rings (SSSR count). The molecule has 1 aromatic heterocycles. The lowest BCUT2D eigenvalue weighted by atomic mass is 10.2. The van der Waals surface area contributed by atoms with E-state index in [1.807, 2.05) is 0 Å². The van der Waals surface area contributed by atoms with Crippen LogP contribution in [0.15, 0.2) is 15.8 Å². The van der Waals surface area contributed by atoms with Crippen molar-refractivity contribution < 1.29 is 23.8 Å². The molecule has 1 aromatic rings. The molecule has 0 saturated carbocycles. The van der Waals surface area contributed by atoms with E-state index in [1.54, 1.807) is 0 Å². The third kappa shape index (κ3) is 4.80. The molecule has 134 valence electrons. The minimum Gasteiger partial charge on any atom is -0.463 e. The van der Waals surface area contributed by atoms with Crippen LogP contribution in [0.5, 0.6) is 0 Å². The molecule has 1 saturated heterocycles. The highest BCUT2D eigenvalue weighted by atomic mass is 79.9. The van der Waals surface area contributed by atoms with Crippen molar-refractivity contribution in [2.24, 2.45) is 0 Å². The first-order chi connectivity index (χ1) is 11.8. The van der Waals surface area contributed by atoms with Crippen LogP contribution in [-0.4, -0.2) is 40.3 Å². The van der Waals surface area contributed by atoms with Crippen molar-refractivity contribution in [3.05, 3.63) is 32.6 Å². The number of aromatic nitrogens is 2. The molecule has 1 N–H and O–H groups in total. The van der Waals surface area contributed by atoms with Gasteiger partial charge in [-0.15, -0.1) is 0 Å². The number of ether oxygens (including phenoxy) is 3. The van der Waals surface area contributed by atoms with Crippen molar-refractivity contribution in [1.82, 2.24) is 9.55 Å². The second kappa shape index (κ2) is 8.13. The molecule has 1 aliphatic heterocycles. The standard InChI is InChI=1S/C15H15BrN2O7/c1-8(19)23-7-11-5-12(24-9(2)20)14(25-11)18-6-10(3-4-16)13(21)17-15(18)22/h6,11-12,14H,5,7H2,1-2H3,(H,17,21,22)/t11-,12+,14+/m0/s1. The van der Waals surface area contributed by atoms with Gasteiger partial charge in [0.05, 0.1) is 6.10 Å². The van der Waals surface area contributed by atoms with Crippen molar-refractivity contribution in [3.8, 4) is 10.8 Å². The Kier molecular flexibility index (Phi) is 6.17. The molecule has 9 nitrogen and oxygen atoms in total. The number of carbonyl (C=O) groups excluding carboxylic acids is 2. The Morgan fingerprint density at radius 1 is 1.40 bits per heavy atom. The predicted molar refractivity (Wildman–Crippen MR) is 87.8 cm³/mol. The number of H-pyrrole nitrogens is 1. The minimum absolute atomic E-state index is 0.0325. The van der Waals surface area contributed by atoms with Crippen molar-refractivity contribution in [2.75, 3.05) is 6.61 Å². The number of carbonyl (C=O) groups is 2. The van der Waals surface area contributed by atoms with E-state index in [4.69, 9.17) is 14.2 Å². The SMILES string of the molecule is CC(=O)OC[C@@H]1C[C@@H](OC(C)=O)[C@H](n2cc(C#CBr)c(=O)[nH]c2=O)O1. The average molecular weight is 415 g/mol. The molecule has 10 heteroatoms. The lowest BCUT2D eigenvalue weighted by Gasteiger charge is -2.20. The van der Waals surface area contributed by atoms with Crippen molar-refractivity contribution in [1.29, 1.82) is 0 Å². The Bertz CT molecular complexity index is 848. The summed E-state index contributed by atoms with van der Waals surface area (Å²) in [6.07, 6.45) is -0.883. The normalized spacial score (nSPS) is 22.0. The Morgan fingerprint density at radius 3 is 2.72 bits per heavy atom. The molecule has 0 unspecified atom stereocenters. The third-order valence-corrected chi connectivity index (χ3v) is 3.56. The van der Waals surface area contributed by atoms with Crippen molar-refractivity contribution in [2.45, 2.75) is 38.7 Å². The largest absolute Gasteiger partial charge is 0.463 e. The molecule has 0 bridgehead atoms. The highest BCUT2D eigenvalue weighted by Gasteiger charge is 2.40. The monoisotopic (exact) mass is 414 g/mol. The van der Waals surface area contributed by atoms with Crippen molar-refractivity contribution >= 4 is 27.9 Å². The molecule has 0 spiro atoms. The van der Waals surface area contributed by atoms with Crippen LogP contribution in [-0.2, 0) is 23.8 Å². The zero-order valence-corrected chi connectivity index (χ0v) is 15.0. The summed E-state index contributed by atoms with van der Waals surface area (Å²) in [5, 5.41) is 0. The number of hydrogen-bond acceptors (Lipinski definition) is 7. The van der Waals surface area contributed by atoms with Gasteiger partial charge < -0.3 is 14.2 Å². The topological polar surface area (TPSA) is 117 Å².